The zero-order chi connectivity index (χ0) is 26.7. The molecule has 0 fully saturated rings. The van der Waals surface area contributed by atoms with Gasteiger partial charge in [0.2, 0.25) is 5.89 Å². The van der Waals surface area contributed by atoms with Crippen molar-refractivity contribution in [2.45, 2.75) is 59.9 Å². The van der Waals surface area contributed by atoms with E-state index in [4.69, 9.17) is 18.7 Å². The Hall–Kier alpha value is -3.43. The number of carbonyl (C=O) groups is 1. The quantitative estimate of drug-likeness (QED) is 0.233. The van der Waals surface area contributed by atoms with Gasteiger partial charge in [-0.05, 0) is 70.5 Å². The Bertz CT molecular complexity index is 1370. The Morgan fingerprint density at radius 2 is 1.78 bits per heavy atom. The highest BCUT2D eigenvalue weighted by Crippen LogP contribution is 2.27. The third kappa shape index (κ3) is 6.47. The fourth-order valence-electron chi connectivity index (χ4n) is 3.91. The molecule has 2 heterocycles. The van der Waals surface area contributed by atoms with Crippen LogP contribution in [0.3, 0.4) is 0 Å². The zero-order valence-corrected chi connectivity index (χ0v) is 23.1. The molecular formula is C28H30BrN3O5. The molecule has 0 amide bonds. The lowest BCUT2D eigenvalue weighted by Gasteiger charge is -2.23. The summed E-state index contributed by atoms with van der Waals surface area (Å²) in [6, 6.07) is 15.3. The van der Waals surface area contributed by atoms with Gasteiger partial charge in [0.1, 0.15) is 17.3 Å². The summed E-state index contributed by atoms with van der Waals surface area (Å²) in [6.07, 6.45) is 0. The number of halogens is 1. The summed E-state index contributed by atoms with van der Waals surface area (Å²) in [5, 5.41) is 13.4. The van der Waals surface area contributed by atoms with Gasteiger partial charge < -0.3 is 18.8 Å². The first-order valence-electron chi connectivity index (χ1n) is 11.9. The molecule has 0 atom stereocenters. The van der Waals surface area contributed by atoms with Gasteiger partial charge in [-0.25, -0.2) is 9.78 Å². The van der Waals surface area contributed by atoms with E-state index in [1.54, 1.807) is 12.1 Å². The average molecular weight is 568 g/mol. The van der Waals surface area contributed by atoms with Crippen molar-refractivity contribution in [2.24, 2.45) is 0 Å². The van der Waals surface area contributed by atoms with Crippen LogP contribution in [0.5, 0.6) is 5.75 Å². The van der Waals surface area contributed by atoms with Crippen molar-refractivity contribution in [1.82, 2.24) is 15.0 Å². The Morgan fingerprint density at radius 1 is 1.05 bits per heavy atom. The predicted octanol–water partition coefficient (Wildman–Crippen LogP) is 6.46. The standard InChI is InChI=1S/C28H30BrN3O5/c1-17-24(18(2)37-31-17)15-32(14-20-9-11-23(12-10-20)36-28(4,5)27(33)34)16-25-19(3)35-26(30-25)21-7-6-8-22(29)13-21/h6-13H,14-16H2,1-5H3,(H,33,34). The van der Waals surface area contributed by atoms with Crippen LogP contribution in [-0.2, 0) is 24.4 Å². The van der Waals surface area contributed by atoms with E-state index in [1.165, 1.54) is 13.8 Å². The van der Waals surface area contributed by atoms with Gasteiger partial charge in [0.05, 0.1) is 11.4 Å². The fraction of sp³-hybridized carbons (Fsp3) is 0.321. The lowest BCUT2D eigenvalue weighted by molar-refractivity contribution is -0.152. The molecule has 2 aromatic carbocycles. The Balaban J connectivity index is 1.57. The van der Waals surface area contributed by atoms with Crippen LogP contribution in [0, 0.1) is 20.8 Å². The minimum absolute atomic E-state index is 0.499. The largest absolute Gasteiger partial charge is 0.478 e. The molecule has 2 aromatic heterocycles. The minimum Gasteiger partial charge on any atom is -0.478 e. The Kier molecular flexibility index (Phi) is 7.85. The number of aryl methyl sites for hydroxylation is 3. The van der Waals surface area contributed by atoms with E-state index in [2.05, 4.69) is 26.0 Å². The summed E-state index contributed by atoms with van der Waals surface area (Å²) >= 11 is 3.51. The van der Waals surface area contributed by atoms with Gasteiger partial charge in [0.25, 0.3) is 0 Å². The Morgan fingerprint density at radius 3 is 2.41 bits per heavy atom. The van der Waals surface area contributed by atoms with E-state index in [0.29, 0.717) is 31.3 Å². The number of ether oxygens (including phenoxy) is 1. The number of carboxylic acids is 1. The van der Waals surface area contributed by atoms with Crippen LogP contribution in [0.25, 0.3) is 11.5 Å². The first kappa shape index (κ1) is 26.6. The highest BCUT2D eigenvalue weighted by molar-refractivity contribution is 9.10. The summed E-state index contributed by atoms with van der Waals surface area (Å²) in [7, 11) is 0. The third-order valence-corrected chi connectivity index (χ3v) is 6.61. The highest BCUT2D eigenvalue weighted by Gasteiger charge is 2.29. The first-order valence-corrected chi connectivity index (χ1v) is 12.7. The van der Waals surface area contributed by atoms with Crippen LogP contribution >= 0.6 is 15.9 Å². The van der Waals surface area contributed by atoms with Gasteiger partial charge in [-0.2, -0.15) is 0 Å². The number of aromatic nitrogens is 2. The number of hydrogen-bond acceptors (Lipinski definition) is 7. The van der Waals surface area contributed by atoms with Crippen molar-refractivity contribution in [2.75, 3.05) is 0 Å². The van der Waals surface area contributed by atoms with Crippen molar-refractivity contribution in [3.05, 3.63) is 87.0 Å². The number of benzene rings is 2. The fourth-order valence-corrected chi connectivity index (χ4v) is 4.31. The maximum absolute atomic E-state index is 11.4. The van der Waals surface area contributed by atoms with Crippen molar-refractivity contribution < 1.29 is 23.6 Å². The third-order valence-electron chi connectivity index (χ3n) is 6.12. The number of hydrogen-bond donors (Lipinski definition) is 1. The molecular weight excluding hydrogens is 538 g/mol. The summed E-state index contributed by atoms with van der Waals surface area (Å²) in [5.41, 5.74) is 3.38. The topological polar surface area (TPSA) is 102 Å². The molecule has 0 aliphatic rings. The predicted molar refractivity (Wildman–Crippen MR) is 142 cm³/mol. The average Bonchev–Trinajstić information content (AvgIpc) is 3.36. The van der Waals surface area contributed by atoms with Crippen LogP contribution in [-0.4, -0.2) is 31.7 Å². The van der Waals surface area contributed by atoms with Gasteiger partial charge in [-0.3, -0.25) is 4.90 Å². The molecule has 8 nitrogen and oxygen atoms in total. The molecule has 0 saturated carbocycles. The van der Waals surface area contributed by atoms with Gasteiger partial charge in [-0.15, -0.1) is 0 Å². The second-order valence-electron chi connectivity index (χ2n) is 9.54. The molecule has 0 bridgehead atoms. The Labute approximate surface area is 224 Å². The van der Waals surface area contributed by atoms with E-state index in [0.717, 1.165) is 44.1 Å². The van der Waals surface area contributed by atoms with Crippen LogP contribution in [0.15, 0.2) is 61.9 Å². The second kappa shape index (κ2) is 10.9. The maximum Gasteiger partial charge on any atom is 0.347 e. The molecule has 4 rings (SSSR count). The molecule has 0 spiro atoms. The number of carboxylic acid groups (broad SMARTS) is 1. The summed E-state index contributed by atoms with van der Waals surface area (Å²) < 4.78 is 18.0. The number of rotatable bonds is 10. The molecule has 37 heavy (non-hydrogen) atoms. The number of aliphatic carboxylic acids is 1. The van der Waals surface area contributed by atoms with Crippen LogP contribution in [0.4, 0.5) is 0 Å². The van der Waals surface area contributed by atoms with E-state index < -0.39 is 11.6 Å². The smallest absolute Gasteiger partial charge is 0.347 e. The summed E-state index contributed by atoms with van der Waals surface area (Å²) in [5.74, 6) is 1.60. The number of nitrogens with zero attached hydrogens (tertiary/aromatic N) is 3. The van der Waals surface area contributed by atoms with Gasteiger partial charge in [0.15, 0.2) is 5.60 Å². The van der Waals surface area contributed by atoms with Crippen LogP contribution < -0.4 is 4.74 Å². The van der Waals surface area contributed by atoms with Crippen LogP contribution in [0.1, 0.15) is 47.9 Å². The first-order chi connectivity index (χ1) is 17.5. The zero-order valence-electron chi connectivity index (χ0n) is 21.5. The van der Waals surface area contributed by atoms with E-state index in [1.807, 2.05) is 57.2 Å². The summed E-state index contributed by atoms with van der Waals surface area (Å²) in [6.45, 7) is 10.6. The van der Waals surface area contributed by atoms with Crippen LogP contribution in [0.2, 0.25) is 0 Å². The highest BCUT2D eigenvalue weighted by atomic mass is 79.9. The maximum atomic E-state index is 11.4. The lowest BCUT2D eigenvalue weighted by Crippen LogP contribution is -2.37. The monoisotopic (exact) mass is 567 g/mol. The number of oxazole rings is 1. The molecule has 0 aliphatic heterocycles. The van der Waals surface area contributed by atoms with Crippen molar-refractivity contribution in [1.29, 1.82) is 0 Å². The minimum atomic E-state index is -1.31. The molecule has 1 N–H and O–H groups in total. The van der Waals surface area contributed by atoms with Gasteiger partial charge >= 0.3 is 5.97 Å². The lowest BCUT2D eigenvalue weighted by atomic mass is 10.1. The molecule has 0 saturated heterocycles. The van der Waals surface area contributed by atoms with Crippen molar-refractivity contribution in [3.8, 4) is 17.2 Å². The van der Waals surface area contributed by atoms with Crippen molar-refractivity contribution in [3.63, 3.8) is 0 Å². The molecule has 0 radical (unpaired) electrons. The molecule has 194 valence electrons. The normalized spacial score (nSPS) is 11.8. The molecule has 0 unspecified atom stereocenters. The molecule has 9 heteroatoms. The van der Waals surface area contributed by atoms with E-state index in [9.17, 15) is 9.90 Å². The SMILES string of the molecule is Cc1noc(C)c1CN(Cc1ccc(OC(C)(C)C(=O)O)cc1)Cc1nc(-c2cccc(Br)c2)oc1C. The van der Waals surface area contributed by atoms with Gasteiger partial charge in [-0.1, -0.05) is 39.3 Å². The van der Waals surface area contributed by atoms with Gasteiger partial charge in [0, 0.05) is 35.2 Å². The molecule has 0 aliphatic carbocycles. The second-order valence-corrected chi connectivity index (χ2v) is 10.5. The van der Waals surface area contributed by atoms with Crippen molar-refractivity contribution >= 4 is 21.9 Å². The summed E-state index contributed by atoms with van der Waals surface area (Å²) in [4.78, 5) is 18.4. The molecule has 4 aromatic rings. The van der Waals surface area contributed by atoms with E-state index in [-0.39, 0.29) is 0 Å². The van der Waals surface area contributed by atoms with E-state index >= 15 is 0 Å².